The van der Waals surface area contributed by atoms with Gasteiger partial charge in [-0.1, -0.05) is 17.7 Å². The van der Waals surface area contributed by atoms with E-state index in [1.165, 1.54) is 17.4 Å². The minimum atomic E-state index is -1.16. The first-order chi connectivity index (χ1) is 15.3. The van der Waals surface area contributed by atoms with Crippen molar-refractivity contribution in [3.63, 3.8) is 0 Å². The molecular weight excluding hydrogens is 507 g/mol. The summed E-state index contributed by atoms with van der Waals surface area (Å²) in [5, 5.41) is 15.4. The summed E-state index contributed by atoms with van der Waals surface area (Å²) in [5.41, 5.74) is 1.53. The highest BCUT2D eigenvalue weighted by Crippen LogP contribution is 2.27. The number of halogens is 2. The molecule has 0 atom stereocenters. The number of benzene rings is 1. The number of thiazole rings is 1. The van der Waals surface area contributed by atoms with Crippen molar-refractivity contribution < 1.29 is 19.5 Å². The molecule has 4 rings (SSSR count). The van der Waals surface area contributed by atoms with Crippen molar-refractivity contribution in [1.29, 1.82) is 0 Å². The predicted molar refractivity (Wildman–Crippen MR) is 131 cm³/mol. The summed E-state index contributed by atoms with van der Waals surface area (Å²) in [5.74, 6) is -1.94. The number of carbonyl (C=O) groups excluding carboxylic acids is 2. The van der Waals surface area contributed by atoms with Crippen molar-refractivity contribution >= 4 is 70.2 Å². The third kappa shape index (κ3) is 5.71. The summed E-state index contributed by atoms with van der Waals surface area (Å²) < 4.78 is 0.478. The first-order valence-corrected chi connectivity index (χ1v) is 11.7. The fourth-order valence-corrected chi connectivity index (χ4v) is 5.43. The van der Waals surface area contributed by atoms with Crippen molar-refractivity contribution in [3.8, 4) is 0 Å². The Hall–Kier alpha value is -2.50. The van der Waals surface area contributed by atoms with Crippen LogP contribution in [-0.4, -0.2) is 46.4 Å². The highest BCUT2D eigenvalue weighted by molar-refractivity contribution is 7.18. The summed E-state index contributed by atoms with van der Waals surface area (Å²) >= 11 is 8.34. The second kappa shape index (κ2) is 10.6. The molecule has 0 saturated heterocycles. The number of thiophene rings is 1. The normalized spacial score (nSPS) is 13.0. The summed E-state index contributed by atoms with van der Waals surface area (Å²) in [6, 6.07) is 7.79. The molecule has 12 heteroatoms. The lowest BCUT2D eigenvalue weighted by Gasteiger charge is -2.20. The number of fused-ring (bicyclic) bond motifs is 1. The van der Waals surface area contributed by atoms with Crippen LogP contribution in [0.3, 0.4) is 0 Å². The fraction of sp³-hybridized carbons (Fsp3) is 0.238. The van der Waals surface area contributed by atoms with E-state index in [4.69, 9.17) is 11.6 Å². The molecule has 3 aromatic rings. The Labute approximate surface area is 209 Å². The quantitative estimate of drug-likeness (QED) is 0.444. The van der Waals surface area contributed by atoms with E-state index < -0.39 is 11.9 Å². The van der Waals surface area contributed by atoms with Crippen LogP contribution in [0.25, 0.3) is 0 Å². The lowest BCUT2D eigenvalue weighted by molar-refractivity contribution is 0.0694. The van der Waals surface area contributed by atoms with E-state index in [1.54, 1.807) is 24.3 Å². The molecule has 1 aliphatic heterocycles. The Morgan fingerprint density at radius 2 is 1.97 bits per heavy atom. The first-order valence-electron chi connectivity index (χ1n) is 9.69. The van der Waals surface area contributed by atoms with Crippen LogP contribution < -0.4 is 10.6 Å². The van der Waals surface area contributed by atoms with Gasteiger partial charge in [-0.3, -0.25) is 9.59 Å². The number of aromatic carboxylic acids is 1. The summed E-state index contributed by atoms with van der Waals surface area (Å²) in [4.78, 5) is 45.1. The SMILES string of the molecule is CN1CCc2nc(C(=O)Nc3cccc(C(=O)O)c3CNC(=O)c3ccc(Cl)s3)sc2C1.Cl. The number of hydrogen-bond donors (Lipinski definition) is 3. The van der Waals surface area contributed by atoms with Crippen LogP contribution >= 0.6 is 46.7 Å². The number of carbonyl (C=O) groups is 3. The molecule has 8 nitrogen and oxygen atoms in total. The van der Waals surface area contributed by atoms with Crippen LogP contribution in [0.1, 0.15) is 46.0 Å². The molecule has 0 spiro atoms. The monoisotopic (exact) mass is 526 g/mol. The van der Waals surface area contributed by atoms with Gasteiger partial charge in [0, 0.05) is 42.2 Å². The highest BCUT2D eigenvalue weighted by atomic mass is 35.5. The Bertz CT molecular complexity index is 1210. The number of aromatic nitrogens is 1. The van der Waals surface area contributed by atoms with Gasteiger partial charge in [-0.25, -0.2) is 9.78 Å². The molecule has 33 heavy (non-hydrogen) atoms. The number of rotatable bonds is 6. The van der Waals surface area contributed by atoms with Gasteiger partial charge in [0.2, 0.25) is 0 Å². The zero-order valence-electron chi connectivity index (χ0n) is 17.4. The maximum atomic E-state index is 12.9. The lowest BCUT2D eigenvalue weighted by atomic mass is 10.0. The zero-order chi connectivity index (χ0) is 22.8. The largest absolute Gasteiger partial charge is 0.478 e. The van der Waals surface area contributed by atoms with Gasteiger partial charge >= 0.3 is 5.97 Å². The van der Waals surface area contributed by atoms with Gasteiger partial charge in [-0.2, -0.15) is 0 Å². The topological polar surface area (TPSA) is 112 Å². The minimum Gasteiger partial charge on any atom is -0.478 e. The number of hydrogen-bond acceptors (Lipinski definition) is 7. The van der Waals surface area contributed by atoms with E-state index in [0.29, 0.717) is 25.5 Å². The molecule has 2 amide bonds. The Morgan fingerprint density at radius 1 is 1.18 bits per heavy atom. The third-order valence-electron chi connectivity index (χ3n) is 4.99. The number of carboxylic acid groups (broad SMARTS) is 1. The minimum absolute atomic E-state index is 0. The van der Waals surface area contributed by atoms with E-state index in [-0.39, 0.29) is 30.4 Å². The summed E-state index contributed by atoms with van der Waals surface area (Å²) in [6.07, 6.45) is 0.786. The Kier molecular flexibility index (Phi) is 8.09. The van der Waals surface area contributed by atoms with E-state index in [1.807, 2.05) is 7.05 Å². The summed E-state index contributed by atoms with van der Waals surface area (Å²) in [7, 11) is 2.02. The molecule has 0 unspecified atom stereocenters. The average molecular weight is 527 g/mol. The number of nitrogens with zero attached hydrogens (tertiary/aromatic N) is 2. The highest BCUT2D eigenvalue weighted by Gasteiger charge is 2.23. The number of nitrogens with one attached hydrogen (secondary N) is 2. The fourth-order valence-electron chi connectivity index (χ4n) is 3.38. The molecular formula is C21H20Cl2N4O4S2. The smallest absolute Gasteiger partial charge is 0.336 e. The molecule has 1 aromatic carbocycles. The number of amides is 2. The maximum Gasteiger partial charge on any atom is 0.336 e. The zero-order valence-corrected chi connectivity index (χ0v) is 20.6. The second-order valence-corrected chi connectivity index (χ2v) is 10.1. The van der Waals surface area contributed by atoms with Crippen LogP contribution in [0, 0.1) is 0 Å². The molecule has 3 heterocycles. The molecule has 0 fully saturated rings. The van der Waals surface area contributed by atoms with Gasteiger partial charge in [0.1, 0.15) is 0 Å². The molecule has 2 aromatic heterocycles. The van der Waals surface area contributed by atoms with Crippen LogP contribution in [0.15, 0.2) is 30.3 Å². The lowest BCUT2D eigenvalue weighted by Crippen LogP contribution is -2.25. The summed E-state index contributed by atoms with van der Waals surface area (Å²) in [6.45, 7) is 1.56. The van der Waals surface area contributed by atoms with Gasteiger partial charge in [0.05, 0.1) is 20.5 Å². The third-order valence-corrected chi connectivity index (χ3v) is 7.30. The van der Waals surface area contributed by atoms with Crippen LogP contribution in [0.2, 0.25) is 4.34 Å². The van der Waals surface area contributed by atoms with Gasteiger partial charge in [-0.05, 0) is 31.3 Å². The first kappa shape index (κ1) is 25.1. The molecule has 3 N–H and O–H groups in total. The molecule has 174 valence electrons. The van der Waals surface area contributed by atoms with Crippen molar-refractivity contribution in [1.82, 2.24) is 15.2 Å². The Morgan fingerprint density at radius 3 is 2.67 bits per heavy atom. The number of anilines is 1. The number of likely N-dealkylation sites (N-methyl/N-ethyl adjacent to an activating group) is 1. The van der Waals surface area contributed by atoms with Crippen molar-refractivity contribution in [2.45, 2.75) is 19.5 Å². The molecule has 0 aliphatic carbocycles. The van der Waals surface area contributed by atoms with Crippen LogP contribution in [-0.2, 0) is 19.5 Å². The van der Waals surface area contributed by atoms with Crippen molar-refractivity contribution in [2.75, 3.05) is 18.9 Å². The van der Waals surface area contributed by atoms with Crippen LogP contribution in [0.5, 0.6) is 0 Å². The van der Waals surface area contributed by atoms with Gasteiger partial charge in [0.15, 0.2) is 5.01 Å². The van der Waals surface area contributed by atoms with E-state index in [9.17, 15) is 19.5 Å². The van der Waals surface area contributed by atoms with Gasteiger partial charge in [-0.15, -0.1) is 35.1 Å². The predicted octanol–water partition coefficient (Wildman–Crippen LogP) is 4.15. The van der Waals surface area contributed by atoms with Crippen LogP contribution in [0.4, 0.5) is 5.69 Å². The van der Waals surface area contributed by atoms with E-state index in [2.05, 4.69) is 20.5 Å². The number of carboxylic acids is 1. The standard InChI is InChI=1S/C21H19ClN4O4S2.ClH/c1-26-8-7-14-16(10-26)32-20(25-14)19(28)24-13-4-2-3-11(21(29)30)12(13)9-23-18(27)15-5-6-17(22)31-15;/h2-6H,7-10H2,1H3,(H,23,27)(H,24,28)(H,29,30);1H. The average Bonchev–Trinajstić information content (AvgIpc) is 3.38. The molecule has 0 saturated carbocycles. The van der Waals surface area contributed by atoms with Crippen molar-refractivity contribution in [3.05, 3.63) is 66.3 Å². The van der Waals surface area contributed by atoms with Gasteiger partial charge < -0.3 is 20.6 Å². The van der Waals surface area contributed by atoms with E-state index in [0.717, 1.165) is 41.4 Å². The molecule has 1 aliphatic rings. The second-order valence-electron chi connectivity index (χ2n) is 7.25. The molecule has 0 radical (unpaired) electrons. The van der Waals surface area contributed by atoms with Crippen molar-refractivity contribution in [2.24, 2.45) is 0 Å². The Balaban J connectivity index is 0.00000306. The molecule has 0 bridgehead atoms. The van der Waals surface area contributed by atoms with Gasteiger partial charge in [0.25, 0.3) is 11.8 Å². The van der Waals surface area contributed by atoms with E-state index >= 15 is 0 Å². The maximum absolute atomic E-state index is 12.9.